The summed E-state index contributed by atoms with van der Waals surface area (Å²) in [4.78, 5) is 22.5. The standard InChI is InChI=1S/C12H13FO2/c1-3-10(14)7-12(15)9-5-4-8(2)11(13)6-9/h4-6H,3,7H2,1-2H3. The smallest absolute Gasteiger partial charge is 0.170 e. The molecule has 0 heterocycles. The van der Waals surface area contributed by atoms with Gasteiger partial charge in [0.05, 0.1) is 6.42 Å². The predicted octanol–water partition coefficient (Wildman–Crippen LogP) is 2.69. The van der Waals surface area contributed by atoms with Crippen molar-refractivity contribution in [2.45, 2.75) is 26.7 Å². The third-order valence-corrected chi connectivity index (χ3v) is 2.25. The quantitative estimate of drug-likeness (QED) is 0.563. The van der Waals surface area contributed by atoms with Crippen molar-refractivity contribution in [3.8, 4) is 0 Å². The molecule has 0 atom stereocenters. The molecule has 0 aliphatic carbocycles. The van der Waals surface area contributed by atoms with E-state index in [0.29, 0.717) is 12.0 Å². The molecule has 0 amide bonds. The van der Waals surface area contributed by atoms with E-state index < -0.39 is 5.82 Å². The molecule has 0 N–H and O–H groups in total. The molecular weight excluding hydrogens is 195 g/mol. The zero-order valence-electron chi connectivity index (χ0n) is 8.84. The highest BCUT2D eigenvalue weighted by Gasteiger charge is 2.11. The van der Waals surface area contributed by atoms with E-state index in [-0.39, 0.29) is 23.6 Å². The predicted molar refractivity (Wildman–Crippen MR) is 55.4 cm³/mol. The molecule has 0 saturated carbocycles. The molecule has 0 saturated heterocycles. The molecule has 0 fully saturated rings. The summed E-state index contributed by atoms with van der Waals surface area (Å²) in [6.07, 6.45) is 0.194. The van der Waals surface area contributed by atoms with Crippen molar-refractivity contribution < 1.29 is 14.0 Å². The SMILES string of the molecule is CCC(=O)CC(=O)c1ccc(C)c(F)c1. The number of Topliss-reactive ketones (excluding diaryl/α,β-unsaturated/α-hetero) is 2. The van der Waals surface area contributed by atoms with Gasteiger partial charge < -0.3 is 0 Å². The lowest BCUT2D eigenvalue weighted by Crippen LogP contribution is -2.07. The summed E-state index contributed by atoms with van der Waals surface area (Å²) in [5, 5.41) is 0. The topological polar surface area (TPSA) is 34.1 Å². The van der Waals surface area contributed by atoms with E-state index in [4.69, 9.17) is 0 Å². The Morgan fingerprint density at radius 1 is 1.33 bits per heavy atom. The average molecular weight is 208 g/mol. The number of carbonyl (C=O) groups excluding carboxylic acids is 2. The Kier molecular flexibility index (Phi) is 3.72. The summed E-state index contributed by atoms with van der Waals surface area (Å²) in [6.45, 7) is 3.33. The van der Waals surface area contributed by atoms with Gasteiger partial charge in [0.15, 0.2) is 5.78 Å². The third kappa shape index (κ3) is 2.98. The van der Waals surface area contributed by atoms with Crippen molar-refractivity contribution in [1.82, 2.24) is 0 Å². The first-order chi connectivity index (χ1) is 7.04. The summed E-state index contributed by atoms with van der Waals surface area (Å²) in [5.41, 5.74) is 0.758. The number of aryl methyl sites for hydroxylation is 1. The molecule has 1 aromatic carbocycles. The first-order valence-corrected chi connectivity index (χ1v) is 4.85. The monoisotopic (exact) mass is 208 g/mol. The molecule has 1 aromatic rings. The van der Waals surface area contributed by atoms with Crippen LogP contribution >= 0.6 is 0 Å². The molecule has 1 rings (SSSR count). The van der Waals surface area contributed by atoms with Crippen LogP contribution in [0.3, 0.4) is 0 Å². The lowest BCUT2D eigenvalue weighted by atomic mass is 10.0. The molecule has 0 aromatic heterocycles. The normalized spacial score (nSPS) is 10.1. The zero-order chi connectivity index (χ0) is 11.4. The number of rotatable bonds is 4. The van der Waals surface area contributed by atoms with Gasteiger partial charge >= 0.3 is 0 Å². The summed E-state index contributed by atoms with van der Waals surface area (Å²) in [7, 11) is 0. The molecule has 0 bridgehead atoms. The molecule has 0 aliphatic heterocycles. The van der Waals surface area contributed by atoms with E-state index >= 15 is 0 Å². The van der Waals surface area contributed by atoms with Gasteiger partial charge in [0, 0.05) is 12.0 Å². The average Bonchev–Trinajstić information content (AvgIpc) is 2.21. The fourth-order valence-electron chi connectivity index (χ4n) is 1.17. The van der Waals surface area contributed by atoms with E-state index in [9.17, 15) is 14.0 Å². The maximum absolute atomic E-state index is 13.1. The number of carbonyl (C=O) groups is 2. The molecule has 3 heteroatoms. The van der Waals surface area contributed by atoms with Crippen molar-refractivity contribution in [3.63, 3.8) is 0 Å². The van der Waals surface area contributed by atoms with Gasteiger partial charge in [-0.05, 0) is 18.6 Å². The molecule has 80 valence electrons. The zero-order valence-corrected chi connectivity index (χ0v) is 8.84. The van der Waals surface area contributed by atoms with Crippen LogP contribution in [0.4, 0.5) is 4.39 Å². The van der Waals surface area contributed by atoms with Crippen LogP contribution in [0, 0.1) is 12.7 Å². The highest BCUT2D eigenvalue weighted by molar-refractivity contribution is 6.07. The maximum Gasteiger partial charge on any atom is 0.170 e. The van der Waals surface area contributed by atoms with Crippen molar-refractivity contribution in [2.24, 2.45) is 0 Å². The van der Waals surface area contributed by atoms with Crippen molar-refractivity contribution in [1.29, 1.82) is 0 Å². The molecule has 0 unspecified atom stereocenters. The summed E-state index contributed by atoms with van der Waals surface area (Å²) in [5.74, 6) is -0.855. The molecule has 0 spiro atoms. The van der Waals surface area contributed by atoms with Gasteiger partial charge in [0.2, 0.25) is 0 Å². The molecule has 0 aliphatic rings. The lowest BCUT2D eigenvalue weighted by Gasteiger charge is -2.01. The first-order valence-electron chi connectivity index (χ1n) is 4.85. The number of hydrogen-bond acceptors (Lipinski definition) is 2. The van der Waals surface area contributed by atoms with Gasteiger partial charge in [-0.15, -0.1) is 0 Å². The van der Waals surface area contributed by atoms with Crippen LogP contribution in [0.5, 0.6) is 0 Å². The van der Waals surface area contributed by atoms with Gasteiger partial charge in [-0.25, -0.2) is 4.39 Å². The second-order valence-corrected chi connectivity index (χ2v) is 3.46. The van der Waals surface area contributed by atoms with Crippen LogP contribution in [0.25, 0.3) is 0 Å². The van der Waals surface area contributed by atoms with Gasteiger partial charge in [0.1, 0.15) is 11.6 Å². The Morgan fingerprint density at radius 3 is 2.53 bits per heavy atom. The second-order valence-electron chi connectivity index (χ2n) is 3.46. The van der Waals surface area contributed by atoms with Crippen LogP contribution in [0.2, 0.25) is 0 Å². The molecule has 2 nitrogen and oxygen atoms in total. The van der Waals surface area contributed by atoms with E-state index in [1.807, 2.05) is 0 Å². The van der Waals surface area contributed by atoms with Crippen molar-refractivity contribution in [3.05, 3.63) is 35.1 Å². The van der Waals surface area contributed by atoms with Gasteiger partial charge in [-0.3, -0.25) is 9.59 Å². The summed E-state index contributed by atoms with van der Waals surface area (Å²) >= 11 is 0. The fraction of sp³-hybridized carbons (Fsp3) is 0.333. The fourth-order valence-corrected chi connectivity index (χ4v) is 1.17. The molecule has 15 heavy (non-hydrogen) atoms. The second kappa shape index (κ2) is 4.82. The van der Waals surface area contributed by atoms with Crippen LogP contribution in [0.1, 0.15) is 35.7 Å². The Hall–Kier alpha value is -1.51. The first kappa shape index (κ1) is 11.6. The minimum Gasteiger partial charge on any atom is -0.299 e. The van der Waals surface area contributed by atoms with Crippen molar-refractivity contribution >= 4 is 11.6 Å². The van der Waals surface area contributed by atoms with E-state index in [0.717, 1.165) is 0 Å². The van der Waals surface area contributed by atoms with Crippen LogP contribution in [0.15, 0.2) is 18.2 Å². The van der Waals surface area contributed by atoms with Gasteiger partial charge in [-0.1, -0.05) is 19.1 Å². The van der Waals surface area contributed by atoms with Crippen LogP contribution in [-0.4, -0.2) is 11.6 Å². The van der Waals surface area contributed by atoms with Gasteiger partial charge in [-0.2, -0.15) is 0 Å². The Bertz CT molecular complexity index is 397. The van der Waals surface area contributed by atoms with E-state index in [1.54, 1.807) is 26.0 Å². The Morgan fingerprint density at radius 2 is 2.00 bits per heavy atom. The Balaban J connectivity index is 2.83. The lowest BCUT2D eigenvalue weighted by molar-refractivity contribution is -0.117. The third-order valence-electron chi connectivity index (χ3n) is 2.25. The number of halogens is 1. The molecule has 0 radical (unpaired) electrons. The summed E-state index contributed by atoms with van der Waals surface area (Å²) < 4.78 is 13.1. The van der Waals surface area contributed by atoms with Crippen LogP contribution < -0.4 is 0 Å². The maximum atomic E-state index is 13.1. The number of benzene rings is 1. The number of ketones is 2. The summed E-state index contributed by atoms with van der Waals surface area (Å²) in [6, 6.07) is 4.27. The minimum absolute atomic E-state index is 0.124. The van der Waals surface area contributed by atoms with E-state index in [2.05, 4.69) is 0 Å². The number of hydrogen-bond donors (Lipinski definition) is 0. The van der Waals surface area contributed by atoms with E-state index in [1.165, 1.54) is 6.07 Å². The molecular formula is C12H13FO2. The van der Waals surface area contributed by atoms with Crippen LogP contribution in [-0.2, 0) is 4.79 Å². The van der Waals surface area contributed by atoms with Crippen molar-refractivity contribution in [2.75, 3.05) is 0 Å². The highest BCUT2D eigenvalue weighted by Crippen LogP contribution is 2.11. The minimum atomic E-state index is -0.412. The highest BCUT2D eigenvalue weighted by atomic mass is 19.1. The Labute approximate surface area is 88.1 Å². The van der Waals surface area contributed by atoms with Gasteiger partial charge in [0.25, 0.3) is 0 Å². The largest absolute Gasteiger partial charge is 0.299 e.